The van der Waals surface area contributed by atoms with Crippen LogP contribution in [0.5, 0.6) is 0 Å². The Kier molecular flexibility index (Phi) is 6.64. The fraction of sp³-hybridized carbons (Fsp3) is 0.500. The van der Waals surface area contributed by atoms with Crippen LogP contribution in [0, 0.1) is 0 Å². The molecule has 21 heavy (non-hydrogen) atoms. The summed E-state index contributed by atoms with van der Waals surface area (Å²) in [5.41, 5.74) is 0.558. The Balaban J connectivity index is 2.90. The first-order valence-corrected chi connectivity index (χ1v) is 8.36. The van der Waals surface area contributed by atoms with Crippen LogP contribution < -0.4 is 9.62 Å². The molecule has 0 aliphatic heterocycles. The number of nitrogens with zero attached hydrogens (tertiary/aromatic N) is 1. The number of anilines is 1. The highest BCUT2D eigenvalue weighted by molar-refractivity contribution is 7.89. The standard InChI is InChI=1S/C14H22N2O4S/c1-4-15-21(18,19)13-9-7-6-8-12(13)16(3)11-10-14(17)20-5-2/h6-9,15H,4-5,10-11H2,1-3H3. The summed E-state index contributed by atoms with van der Waals surface area (Å²) in [6.45, 7) is 4.53. The van der Waals surface area contributed by atoms with Gasteiger partial charge in [-0.05, 0) is 19.1 Å². The van der Waals surface area contributed by atoms with Crippen molar-refractivity contribution in [2.24, 2.45) is 0 Å². The second-order valence-corrected chi connectivity index (χ2v) is 6.18. The van der Waals surface area contributed by atoms with E-state index in [9.17, 15) is 13.2 Å². The van der Waals surface area contributed by atoms with Gasteiger partial charge in [0, 0.05) is 20.1 Å². The largest absolute Gasteiger partial charge is 0.466 e. The molecule has 0 amide bonds. The van der Waals surface area contributed by atoms with Crippen molar-refractivity contribution in [3.8, 4) is 0 Å². The maximum absolute atomic E-state index is 12.2. The molecule has 0 aliphatic rings. The zero-order chi connectivity index (χ0) is 15.9. The summed E-state index contributed by atoms with van der Waals surface area (Å²) in [5.74, 6) is -0.295. The predicted molar refractivity (Wildman–Crippen MR) is 81.8 cm³/mol. The number of nitrogens with one attached hydrogen (secondary N) is 1. The number of hydrogen-bond donors (Lipinski definition) is 1. The summed E-state index contributed by atoms with van der Waals surface area (Å²) in [7, 11) is -1.79. The monoisotopic (exact) mass is 314 g/mol. The molecule has 1 aromatic carbocycles. The molecule has 0 saturated carbocycles. The first kappa shape index (κ1) is 17.5. The molecule has 0 radical (unpaired) electrons. The Morgan fingerprint density at radius 3 is 2.57 bits per heavy atom. The maximum Gasteiger partial charge on any atom is 0.307 e. The molecular weight excluding hydrogens is 292 g/mol. The smallest absolute Gasteiger partial charge is 0.307 e. The number of carbonyl (C=O) groups is 1. The molecule has 0 fully saturated rings. The van der Waals surface area contributed by atoms with Gasteiger partial charge in [0.1, 0.15) is 4.90 Å². The van der Waals surface area contributed by atoms with Gasteiger partial charge in [-0.2, -0.15) is 0 Å². The summed E-state index contributed by atoms with van der Waals surface area (Å²) in [6.07, 6.45) is 0.208. The number of para-hydroxylation sites is 1. The average Bonchev–Trinajstić information content (AvgIpc) is 2.45. The first-order chi connectivity index (χ1) is 9.92. The second kappa shape index (κ2) is 7.99. The summed E-state index contributed by atoms with van der Waals surface area (Å²) in [4.78, 5) is 13.3. The van der Waals surface area contributed by atoms with Crippen LogP contribution in [-0.4, -0.2) is 41.1 Å². The van der Waals surface area contributed by atoms with Crippen LogP contribution in [0.1, 0.15) is 20.3 Å². The van der Waals surface area contributed by atoms with Crippen molar-refractivity contribution < 1.29 is 17.9 Å². The molecule has 1 rings (SSSR count). The minimum Gasteiger partial charge on any atom is -0.466 e. The van der Waals surface area contributed by atoms with E-state index in [1.54, 1.807) is 50.1 Å². The second-order valence-electron chi connectivity index (χ2n) is 4.45. The van der Waals surface area contributed by atoms with Crippen molar-refractivity contribution >= 4 is 21.7 Å². The molecule has 0 atom stereocenters. The van der Waals surface area contributed by atoms with Crippen LogP contribution in [0.15, 0.2) is 29.2 Å². The Morgan fingerprint density at radius 1 is 1.29 bits per heavy atom. The number of rotatable bonds is 8. The normalized spacial score (nSPS) is 11.2. The molecule has 0 spiro atoms. The van der Waals surface area contributed by atoms with E-state index in [-0.39, 0.29) is 17.3 Å². The minimum atomic E-state index is -3.54. The minimum absolute atomic E-state index is 0.207. The zero-order valence-corrected chi connectivity index (χ0v) is 13.4. The number of sulfonamides is 1. The lowest BCUT2D eigenvalue weighted by Crippen LogP contribution is -2.28. The van der Waals surface area contributed by atoms with Crippen LogP contribution in [-0.2, 0) is 19.6 Å². The van der Waals surface area contributed by atoms with Crippen LogP contribution >= 0.6 is 0 Å². The van der Waals surface area contributed by atoms with E-state index < -0.39 is 10.0 Å². The number of benzene rings is 1. The molecule has 0 unspecified atom stereocenters. The van der Waals surface area contributed by atoms with Gasteiger partial charge in [-0.25, -0.2) is 13.1 Å². The van der Waals surface area contributed by atoms with Crippen molar-refractivity contribution in [2.75, 3.05) is 31.6 Å². The van der Waals surface area contributed by atoms with Crippen LogP contribution in [0.2, 0.25) is 0 Å². The topological polar surface area (TPSA) is 75.7 Å². The van der Waals surface area contributed by atoms with E-state index >= 15 is 0 Å². The van der Waals surface area contributed by atoms with Crippen molar-refractivity contribution in [2.45, 2.75) is 25.2 Å². The third kappa shape index (κ3) is 5.02. The van der Waals surface area contributed by atoms with E-state index in [1.807, 2.05) is 0 Å². The Morgan fingerprint density at radius 2 is 1.95 bits per heavy atom. The summed E-state index contributed by atoms with van der Waals surface area (Å²) in [5, 5.41) is 0. The Labute approximate surface area is 126 Å². The van der Waals surface area contributed by atoms with Crippen molar-refractivity contribution in [1.29, 1.82) is 0 Å². The van der Waals surface area contributed by atoms with Crippen LogP contribution in [0.3, 0.4) is 0 Å². The highest BCUT2D eigenvalue weighted by Gasteiger charge is 2.19. The molecule has 0 aromatic heterocycles. The van der Waals surface area contributed by atoms with E-state index in [1.165, 1.54) is 0 Å². The molecular formula is C14H22N2O4S. The number of carbonyl (C=O) groups excluding carboxylic acids is 1. The van der Waals surface area contributed by atoms with Crippen molar-refractivity contribution in [1.82, 2.24) is 4.72 Å². The summed E-state index contributed by atoms with van der Waals surface area (Å²) in [6, 6.07) is 6.71. The molecule has 0 heterocycles. The molecule has 1 N–H and O–H groups in total. The molecule has 0 saturated heterocycles. The van der Waals surface area contributed by atoms with Crippen LogP contribution in [0.25, 0.3) is 0 Å². The highest BCUT2D eigenvalue weighted by Crippen LogP contribution is 2.24. The lowest BCUT2D eigenvalue weighted by atomic mass is 10.3. The van der Waals surface area contributed by atoms with Crippen molar-refractivity contribution in [3.05, 3.63) is 24.3 Å². The van der Waals surface area contributed by atoms with Gasteiger partial charge in [0.15, 0.2) is 0 Å². The predicted octanol–water partition coefficient (Wildman–Crippen LogP) is 1.37. The lowest BCUT2D eigenvalue weighted by molar-refractivity contribution is -0.142. The third-order valence-electron chi connectivity index (χ3n) is 2.86. The molecule has 1 aromatic rings. The average molecular weight is 314 g/mol. The fourth-order valence-corrected chi connectivity index (χ4v) is 3.17. The lowest BCUT2D eigenvalue weighted by Gasteiger charge is -2.22. The molecule has 118 valence electrons. The van der Waals surface area contributed by atoms with Gasteiger partial charge < -0.3 is 9.64 Å². The fourth-order valence-electron chi connectivity index (χ4n) is 1.88. The van der Waals surface area contributed by atoms with Gasteiger partial charge >= 0.3 is 5.97 Å². The van der Waals surface area contributed by atoms with Gasteiger partial charge in [-0.3, -0.25) is 4.79 Å². The SMILES string of the molecule is CCNS(=O)(=O)c1ccccc1N(C)CCC(=O)OCC. The number of ether oxygens (including phenoxy) is 1. The van der Waals surface area contributed by atoms with E-state index in [4.69, 9.17) is 4.74 Å². The van der Waals surface area contributed by atoms with Gasteiger partial charge in [0.05, 0.1) is 18.7 Å². The Bertz CT molecular complexity index is 572. The molecule has 7 heteroatoms. The van der Waals surface area contributed by atoms with Crippen LogP contribution in [0.4, 0.5) is 5.69 Å². The van der Waals surface area contributed by atoms with E-state index in [0.717, 1.165) is 0 Å². The molecule has 0 aliphatic carbocycles. The zero-order valence-electron chi connectivity index (χ0n) is 12.6. The van der Waals surface area contributed by atoms with Gasteiger partial charge in [0.2, 0.25) is 10.0 Å². The van der Waals surface area contributed by atoms with Crippen molar-refractivity contribution in [3.63, 3.8) is 0 Å². The molecule has 6 nitrogen and oxygen atoms in total. The van der Waals surface area contributed by atoms with Gasteiger partial charge in [-0.15, -0.1) is 0 Å². The molecule has 0 bridgehead atoms. The number of esters is 1. The third-order valence-corrected chi connectivity index (χ3v) is 4.45. The highest BCUT2D eigenvalue weighted by atomic mass is 32.2. The first-order valence-electron chi connectivity index (χ1n) is 6.87. The summed E-state index contributed by atoms with van der Waals surface area (Å²) >= 11 is 0. The summed E-state index contributed by atoms with van der Waals surface area (Å²) < 4.78 is 31.7. The van der Waals surface area contributed by atoms with E-state index in [0.29, 0.717) is 25.4 Å². The quantitative estimate of drug-likeness (QED) is 0.734. The Hall–Kier alpha value is -1.60. The van der Waals surface area contributed by atoms with Gasteiger partial charge in [-0.1, -0.05) is 19.1 Å². The number of hydrogen-bond acceptors (Lipinski definition) is 5. The van der Waals surface area contributed by atoms with E-state index in [2.05, 4.69) is 4.72 Å². The maximum atomic E-state index is 12.2. The van der Waals surface area contributed by atoms with Gasteiger partial charge in [0.25, 0.3) is 0 Å².